The third-order valence-electron chi connectivity index (χ3n) is 4.07. The number of hydrogen-bond donors (Lipinski definition) is 2. The van der Waals surface area contributed by atoms with Crippen LogP contribution in [0.15, 0.2) is 23.0 Å². The van der Waals surface area contributed by atoms with E-state index in [0.29, 0.717) is 18.4 Å². The molecule has 4 N–H and O–H groups in total. The van der Waals surface area contributed by atoms with Gasteiger partial charge in [0, 0.05) is 11.0 Å². The normalized spacial score (nSPS) is 26.6. The number of nitrogens with two attached hydrogens (primary N) is 2. The third-order valence-corrected chi connectivity index (χ3v) is 4.07. The number of rotatable bonds is 5. The van der Waals surface area contributed by atoms with E-state index in [2.05, 4.69) is 0 Å². The molecule has 0 bridgehead atoms. The molecule has 0 radical (unpaired) electrons. The lowest BCUT2D eigenvalue weighted by atomic mass is 9.69. The van der Waals surface area contributed by atoms with Crippen molar-refractivity contribution in [2.45, 2.75) is 45.2 Å². The summed E-state index contributed by atoms with van der Waals surface area (Å²) in [6.07, 6.45) is 2.25. The fourth-order valence-electron chi connectivity index (χ4n) is 2.92. The first-order valence-corrected chi connectivity index (χ1v) is 6.46. The zero-order chi connectivity index (χ0) is 15.7. The van der Waals surface area contributed by atoms with Gasteiger partial charge < -0.3 is 11.5 Å². The Labute approximate surface area is 116 Å². The van der Waals surface area contributed by atoms with E-state index >= 15 is 0 Å². The summed E-state index contributed by atoms with van der Waals surface area (Å²) in [5.74, 6) is -0.402. The van der Waals surface area contributed by atoms with Gasteiger partial charge in [0.1, 0.15) is 0 Å². The molecule has 0 aromatic heterocycles. The molecule has 0 fully saturated rings. The Hall–Kier alpha value is -1.96. The van der Waals surface area contributed by atoms with E-state index in [-0.39, 0.29) is 11.4 Å². The monoisotopic (exact) mass is 284 g/mol. The minimum atomic E-state index is -1.69. The van der Waals surface area contributed by atoms with Crippen molar-refractivity contribution in [3.63, 3.8) is 0 Å². The van der Waals surface area contributed by atoms with Crippen molar-refractivity contribution in [3.05, 3.63) is 43.3 Å². The Balaban J connectivity index is 3.59. The van der Waals surface area contributed by atoms with Crippen LogP contribution in [0.1, 0.15) is 33.6 Å². The van der Waals surface area contributed by atoms with Crippen LogP contribution < -0.4 is 11.5 Å². The highest BCUT2D eigenvalue weighted by Gasteiger charge is 2.60. The summed E-state index contributed by atoms with van der Waals surface area (Å²) in [5.41, 5.74) is 10.3. The standard InChI is InChI=1S/C12H20N4O4/c1-4-8(5-2)12(14)9(15(17)18)6-7(3)10(13)11(12)16(19)20/h6,8,11H,4-5,13-14H2,1-3H3. The van der Waals surface area contributed by atoms with Gasteiger partial charge in [-0.3, -0.25) is 20.2 Å². The van der Waals surface area contributed by atoms with Gasteiger partial charge in [-0.25, -0.2) is 0 Å². The maximum absolute atomic E-state index is 11.4. The zero-order valence-electron chi connectivity index (χ0n) is 11.8. The van der Waals surface area contributed by atoms with Gasteiger partial charge in [0.15, 0.2) is 5.54 Å². The van der Waals surface area contributed by atoms with Crippen LogP contribution in [0, 0.1) is 26.1 Å². The van der Waals surface area contributed by atoms with Crippen molar-refractivity contribution in [2.75, 3.05) is 0 Å². The lowest BCUT2D eigenvalue weighted by Gasteiger charge is -2.37. The Morgan fingerprint density at radius 3 is 2.20 bits per heavy atom. The van der Waals surface area contributed by atoms with Crippen LogP contribution in [-0.4, -0.2) is 21.4 Å². The van der Waals surface area contributed by atoms with E-state index in [9.17, 15) is 20.2 Å². The molecule has 0 heterocycles. The van der Waals surface area contributed by atoms with Gasteiger partial charge in [-0.1, -0.05) is 26.7 Å². The van der Waals surface area contributed by atoms with Gasteiger partial charge in [0.05, 0.1) is 10.6 Å². The molecular formula is C12H20N4O4. The van der Waals surface area contributed by atoms with Gasteiger partial charge in [-0.15, -0.1) is 0 Å². The minimum absolute atomic E-state index is 0.00463. The predicted molar refractivity (Wildman–Crippen MR) is 73.7 cm³/mol. The lowest BCUT2D eigenvalue weighted by molar-refractivity contribution is -0.536. The van der Waals surface area contributed by atoms with Crippen molar-refractivity contribution < 1.29 is 9.85 Å². The van der Waals surface area contributed by atoms with E-state index in [1.54, 1.807) is 13.8 Å². The summed E-state index contributed by atoms with van der Waals surface area (Å²) in [6.45, 7) is 5.12. The number of nitrogens with zero attached hydrogens (tertiary/aromatic N) is 2. The number of hydrogen-bond acceptors (Lipinski definition) is 6. The maximum atomic E-state index is 11.4. The first-order valence-electron chi connectivity index (χ1n) is 6.46. The highest BCUT2D eigenvalue weighted by molar-refractivity contribution is 5.40. The van der Waals surface area contributed by atoms with Gasteiger partial charge in [-0.2, -0.15) is 0 Å². The van der Waals surface area contributed by atoms with Crippen molar-refractivity contribution in [1.29, 1.82) is 0 Å². The highest BCUT2D eigenvalue weighted by atomic mass is 16.6. The molecule has 0 saturated heterocycles. The van der Waals surface area contributed by atoms with E-state index in [1.807, 2.05) is 0 Å². The molecule has 2 unspecified atom stereocenters. The molecular weight excluding hydrogens is 264 g/mol. The molecule has 1 rings (SSSR count). The van der Waals surface area contributed by atoms with Crippen LogP contribution in [0.4, 0.5) is 0 Å². The Kier molecular flexibility index (Phi) is 4.49. The average Bonchev–Trinajstić information content (AvgIpc) is 2.34. The molecule has 0 saturated carbocycles. The van der Waals surface area contributed by atoms with Gasteiger partial charge >= 0.3 is 0 Å². The van der Waals surface area contributed by atoms with Crippen LogP contribution in [0.25, 0.3) is 0 Å². The third kappa shape index (κ3) is 2.26. The molecule has 8 nitrogen and oxygen atoms in total. The SMILES string of the molecule is CCC(CC)C1(N)C([N+](=O)[O-])=CC(C)=C(N)C1[N+](=O)[O-]. The highest BCUT2D eigenvalue weighted by Crippen LogP contribution is 2.39. The molecule has 1 aliphatic rings. The van der Waals surface area contributed by atoms with E-state index in [0.717, 1.165) is 0 Å². The second kappa shape index (κ2) is 5.58. The van der Waals surface area contributed by atoms with Crippen molar-refractivity contribution in [1.82, 2.24) is 0 Å². The summed E-state index contributed by atoms with van der Waals surface area (Å²) in [5, 5.41) is 22.7. The van der Waals surface area contributed by atoms with Crippen LogP contribution >= 0.6 is 0 Å². The van der Waals surface area contributed by atoms with Crippen LogP contribution in [-0.2, 0) is 0 Å². The smallest absolute Gasteiger partial charge is 0.280 e. The average molecular weight is 284 g/mol. The van der Waals surface area contributed by atoms with E-state index in [1.165, 1.54) is 13.0 Å². The molecule has 0 aromatic rings. The molecule has 0 aromatic carbocycles. The number of nitro groups is 2. The molecule has 0 amide bonds. The van der Waals surface area contributed by atoms with Gasteiger partial charge in [0.25, 0.3) is 11.7 Å². The maximum Gasteiger partial charge on any atom is 0.280 e. The van der Waals surface area contributed by atoms with Gasteiger partial charge in [0.2, 0.25) is 0 Å². The summed E-state index contributed by atoms with van der Waals surface area (Å²) >= 11 is 0. The van der Waals surface area contributed by atoms with Crippen molar-refractivity contribution in [2.24, 2.45) is 17.4 Å². The zero-order valence-corrected chi connectivity index (χ0v) is 11.8. The Bertz CT molecular complexity index is 496. The molecule has 2 atom stereocenters. The Morgan fingerprint density at radius 1 is 1.35 bits per heavy atom. The van der Waals surface area contributed by atoms with E-state index in [4.69, 9.17) is 11.5 Å². The first kappa shape index (κ1) is 16.1. The minimum Gasteiger partial charge on any atom is -0.396 e. The van der Waals surface area contributed by atoms with Crippen LogP contribution in [0.3, 0.4) is 0 Å². The van der Waals surface area contributed by atoms with Crippen molar-refractivity contribution in [3.8, 4) is 0 Å². The summed E-state index contributed by atoms with van der Waals surface area (Å²) in [4.78, 5) is 21.4. The fourth-order valence-corrected chi connectivity index (χ4v) is 2.92. The summed E-state index contributed by atoms with van der Waals surface area (Å²) in [7, 11) is 0. The van der Waals surface area contributed by atoms with E-state index < -0.39 is 27.3 Å². The molecule has 0 spiro atoms. The second-order valence-electron chi connectivity index (χ2n) is 5.06. The van der Waals surface area contributed by atoms with Gasteiger partial charge in [-0.05, 0) is 18.4 Å². The fraction of sp³-hybridized carbons (Fsp3) is 0.667. The topological polar surface area (TPSA) is 138 Å². The molecule has 112 valence electrons. The summed E-state index contributed by atoms with van der Waals surface area (Å²) in [6, 6.07) is -1.47. The van der Waals surface area contributed by atoms with Crippen LogP contribution in [0.2, 0.25) is 0 Å². The molecule has 1 aliphatic carbocycles. The Morgan fingerprint density at radius 2 is 1.85 bits per heavy atom. The second-order valence-corrected chi connectivity index (χ2v) is 5.06. The lowest BCUT2D eigenvalue weighted by Crippen LogP contribution is -2.64. The largest absolute Gasteiger partial charge is 0.396 e. The molecule has 0 aliphatic heterocycles. The number of allylic oxidation sites excluding steroid dienone is 2. The predicted octanol–water partition coefficient (Wildman–Crippen LogP) is 1.17. The molecule has 20 heavy (non-hydrogen) atoms. The summed E-state index contributed by atoms with van der Waals surface area (Å²) < 4.78 is 0. The van der Waals surface area contributed by atoms with Crippen LogP contribution in [0.5, 0.6) is 0 Å². The first-order chi connectivity index (χ1) is 9.21. The molecule has 8 heteroatoms. The van der Waals surface area contributed by atoms with Crippen molar-refractivity contribution >= 4 is 0 Å². The quantitative estimate of drug-likeness (QED) is 0.574.